The molecule has 5 rings (SSSR count). The lowest BCUT2D eigenvalue weighted by Crippen LogP contribution is -2.52. The first-order valence-electron chi connectivity index (χ1n) is 12.3. The average Bonchev–Trinajstić information content (AvgIpc) is 3.55. The number of carbonyl (C=O) groups excluding carboxylic acids is 1. The molecule has 3 heterocycles. The summed E-state index contributed by atoms with van der Waals surface area (Å²) in [5, 5.41) is 11.6. The number of amides is 1. The molecule has 190 valence electrons. The summed E-state index contributed by atoms with van der Waals surface area (Å²) in [6, 6.07) is 7.88. The SMILES string of the molecule is Cc1ccc(-n2nccn2)c(C(=O)N2CCC3(CCCC3)CC2CNc2ccc(C(F)(F)F)cn2)c1. The quantitative estimate of drug-likeness (QED) is 0.519. The minimum atomic E-state index is -4.43. The van der Waals surface area contributed by atoms with E-state index in [-0.39, 0.29) is 17.4 Å². The van der Waals surface area contributed by atoms with Gasteiger partial charge in [-0.25, -0.2) is 4.98 Å². The Kier molecular flexibility index (Phi) is 6.44. The van der Waals surface area contributed by atoms with Gasteiger partial charge in [0, 0.05) is 25.3 Å². The summed E-state index contributed by atoms with van der Waals surface area (Å²) in [7, 11) is 0. The highest BCUT2D eigenvalue weighted by Crippen LogP contribution is 2.48. The van der Waals surface area contributed by atoms with E-state index in [9.17, 15) is 18.0 Å². The minimum absolute atomic E-state index is 0.0916. The Morgan fingerprint density at radius 3 is 2.53 bits per heavy atom. The molecule has 10 heteroatoms. The Labute approximate surface area is 207 Å². The van der Waals surface area contributed by atoms with Crippen LogP contribution in [0, 0.1) is 12.3 Å². The molecule has 7 nitrogen and oxygen atoms in total. The van der Waals surface area contributed by atoms with Crippen LogP contribution in [0.5, 0.6) is 0 Å². The summed E-state index contributed by atoms with van der Waals surface area (Å²) in [5.41, 5.74) is 1.54. The van der Waals surface area contributed by atoms with Gasteiger partial charge in [0.05, 0.1) is 29.2 Å². The zero-order valence-corrected chi connectivity index (χ0v) is 20.1. The van der Waals surface area contributed by atoms with E-state index in [1.165, 1.54) is 23.7 Å². The third kappa shape index (κ3) is 4.94. The van der Waals surface area contributed by atoms with Crippen molar-refractivity contribution in [2.45, 2.75) is 57.7 Å². The van der Waals surface area contributed by atoms with Crippen molar-refractivity contribution in [3.05, 3.63) is 65.6 Å². The fraction of sp³-hybridized carbons (Fsp3) is 0.462. The normalized spacial score (nSPS) is 19.6. The first-order valence-corrected chi connectivity index (χ1v) is 12.3. The van der Waals surface area contributed by atoms with Crippen molar-refractivity contribution in [3.63, 3.8) is 0 Å². The van der Waals surface area contributed by atoms with Crippen molar-refractivity contribution in [1.29, 1.82) is 0 Å². The molecule has 1 aliphatic heterocycles. The summed E-state index contributed by atoms with van der Waals surface area (Å²) in [5.74, 6) is 0.268. The summed E-state index contributed by atoms with van der Waals surface area (Å²) in [4.78, 5) is 21.2. The van der Waals surface area contributed by atoms with E-state index in [1.54, 1.807) is 12.4 Å². The van der Waals surface area contributed by atoms with E-state index in [0.717, 1.165) is 43.5 Å². The van der Waals surface area contributed by atoms with Crippen molar-refractivity contribution >= 4 is 11.7 Å². The number of hydrogen-bond acceptors (Lipinski definition) is 5. The molecule has 1 saturated heterocycles. The first kappa shape index (κ1) is 24.3. The maximum atomic E-state index is 13.9. The number of pyridine rings is 1. The highest BCUT2D eigenvalue weighted by Gasteiger charge is 2.43. The van der Waals surface area contributed by atoms with Crippen LogP contribution in [0.15, 0.2) is 48.9 Å². The second-order valence-electron chi connectivity index (χ2n) is 9.96. The number of aromatic nitrogens is 4. The summed E-state index contributed by atoms with van der Waals surface area (Å²) in [6.07, 6.45) is 6.05. The Bertz CT molecular complexity index is 1200. The topological polar surface area (TPSA) is 75.9 Å². The average molecular weight is 499 g/mol. The molecule has 2 aliphatic rings. The third-order valence-corrected chi connectivity index (χ3v) is 7.54. The van der Waals surface area contributed by atoms with E-state index in [4.69, 9.17) is 0 Å². The molecule has 1 aromatic carbocycles. The number of hydrogen-bond donors (Lipinski definition) is 1. The maximum Gasteiger partial charge on any atom is 0.417 e. The number of carbonyl (C=O) groups is 1. The Morgan fingerprint density at radius 2 is 1.86 bits per heavy atom. The highest BCUT2D eigenvalue weighted by molar-refractivity contribution is 5.98. The molecule has 2 aromatic heterocycles. The monoisotopic (exact) mass is 498 g/mol. The molecule has 36 heavy (non-hydrogen) atoms. The number of benzene rings is 1. The molecule has 1 unspecified atom stereocenters. The van der Waals surface area contributed by atoms with E-state index in [1.807, 2.05) is 30.0 Å². The summed E-state index contributed by atoms with van der Waals surface area (Å²) in [6.45, 7) is 2.98. The number of alkyl halides is 3. The van der Waals surface area contributed by atoms with Crippen LogP contribution in [-0.2, 0) is 6.18 Å². The summed E-state index contributed by atoms with van der Waals surface area (Å²) < 4.78 is 38.7. The molecular formula is C26H29F3N6O. The van der Waals surface area contributed by atoms with Gasteiger partial charge in [-0.15, -0.1) is 0 Å². The maximum absolute atomic E-state index is 13.9. The molecular weight excluding hydrogens is 469 g/mol. The van der Waals surface area contributed by atoms with Gasteiger partial charge in [-0.1, -0.05) is 24.5 Å². The van der Waals surface area contributed by atoms with Gasteiger partial charge in [0.15, 0.2) is 0 Å². The zero-order chi connectivity index (χ0) is 25.3. The number of piperidine rings is 1. The number of anilines is 1. The van der Waals surface area contributed by atoms with Crippen LogP contribution in [0.3, 0.4) is 0 Å². The van der Waals surface area contributed by atoms with Crippen molar-refractivity contribution in [2.24, 2.45) is 5.41 Å². The molecule has 3 aromatic rings. The number of nitrogens with zero attached hydrogens (tertiary/aromatic N) is 5. The van der Waals surface area contributed by atoms with Gasteiger partial charge in [0.2, 0.25) is 0 Å². The molecule has 0 radical (unpaired) electrons. The van der Waals surface area contributed by atoms with Gasteiger partial charge in [-0.05, 0) is 62.3 Å². The van der Waals surface area contributed by atoms with Gasteiger partial charge >= 0.3 is 6.18 Å². The molecule has 1 aliphatic carbocycles. The van der Waals surface area contributed by atoms with Gasteiger partial charge in [-0.2, -0.15) is 28.2 Å². The molecule has 2 fully saturated rings. The van der Waals surface area contributed by atoms with E-state index in [2.05, 4.69) is 20.5 Å². The van der Waals surface area contributed by atoms with E-state index < -0.39 is 11.7 Å². The van der Waals surface area contributed by atoms with Crippen LogP contribution in [0.4, 0.5) is 19.0 Å². The fourth-order valence-electron chi connectivity index (χ4n) is 5.66. The smallest absolute Gasteiger partial charge is 0.368 e. The lowest BCUT2D eigenvalue weighted by molar-refractivity contribution is -0.137. The molecule has 1 amide bonds. The third-order valence-electron chi connectivity index (χ3n) is 7.54. The van der Waals surface area contributed by atoms with E-state index in [0.29, 0.717) is 30.2 Å². The van der Waals surface area contributed by atoms with Crippen molar-refractivity contribution in [3.8, 4) is 5.69 Å². The van der Waals surface area contributed by atoms with Crippen molar-refractivity contribution < 1.29 is 18.0 Å². The van der Waals surface area contributed by atoms with Crippen LogP contribution < -0.4 is 5.32 Å². The van der Waals surface area contributed by atoms with Gasteiger partial charge in [0.1, 0.15) is 5.82 Å². The van der Waals surface area contributed by atoms with E-state index >= 15 is 0 Å². The standard InChI is InChI=1S/C26H29F3N6O/c1-18-4-6-22(35-32-11-12-33-35)21(14-18)24(36)34-13-10-25(8-2-3-9-25)15-20(34)17-31-23-7-5-19(16-30-23)26(27,28)29/h4-7,11-12,14,16,20H,2-3,8-10,13,15,17H2,1H3,(H,30,31). The number of rotatable bonds is 5. The second kappa shape index (κ2) is 9.55. The highest BCUT2D eigenvalue weighted by atomic mass is 19.4. The van der Waals surface area contributed by atoms with Crippen molar-refractivity contribution in [1.82, 2.24) is 24.9 Å². The largest absolute Gasteiger partial charge is 0.417 e. The van der Waals surface area contributed by atoms with Crippen LogP contribution >= 0.6 is 0 Å². The zero-order valence-electron chi connectivity index (χ0n) is 20.1. The molecule has 1 atom stereocenters. The van der Waals surface area contributed by atoms with Crippen LogP contribution in [-0.4, -0.2) is 49.9 Å². The molecule has 1 saturated carbocycles. The second-order valence-corrected chi connectivity index (χ2v) is 9.96. The Balaban J connectivity index is 1.40. The Morgan fingerprint density at radius 1 is 1.11 bits per heavy atom. The lowest BCUT2D eigenvalue weighted by Gasteiger charge is -2.45. The predicted molar refractivity (Wildman–Crippen MR) is 129 cm³/mol. The van der Waals surface area contributed by atoms with Gasteiger partial charge in [-0.3, -0.25) is 4.79 Å². The van der Waals surface area contributed by atoms with Crippen LogP contribution in [0.1, 0.15) is 60.0 Å². The first-order chi connectivity index (χ1) is 17.2. The number of likely N-dealkylation sites (tertiary alicyclic amines) is 1. The number of aryl methyl sites for hydroxylation is 1. The molecule has 1 N–H and O–H groups in total. The lowest BCUT2D eigenvalue weighted by atomic mass is 9.73. The fourth-order valence-corrected chi connectivity index (χ4v) is 5.66. The van der Waals surface area contributed by atoms with Gasteiger partial charge in [0.25, 0.3) is 5.91 Å². The minimum Gasteiger partial charge on any atom is -0.368 e. The van der Waals surface area contributed by atoms with Crippen molar-refractivity contribution in [2.75, 3.05) is 18.4 Å². The number of nitrogens with one attached hydrogen (secondary N) is 1. The summed E-state index contributed by atoms with van der Waals surface area (Å²) >= 11 is 0. The predicted octanol–water partition coefficient (Wildman–Crippen LogP) is 5.27. The number of halogens is 3. The van der Waals surface area contributed by atoms with Gasteiger partial charge < -0.3 is 10.2 Å². The Hall–Kier alpha value is -3.43. The van der Waals surface area contributed by atoms with Crippen LogP contribution in [0.25, 0.3) is 5.69 Å². The molecule has 1 spiro atoms. The van der Waals surface area contributed by atoms with Crippen LogP contribution in [0.2, 0.25) is 0 Å². The molecule has 0 bridgehead atoms.